The van der Waals surface area contributed by atoms with Crippen LogP contribution in [0.4, 0.5) is 0 Å². The van der Waals surface area contributed by atoms with Crippen molar-refractivity contribution in [2.45, 2.75) is 19.0 Å². The van der Waals surface area contributed by atoms with Crippen LogP contribution in [0.25, 0.3) is 11.5 Å². The Hall–Kier alpha value is -2.47. The summed E-state index contributed by atoms with van der Waals surface area (Å²) in [6, 6.07) is 8.49. The second-order valence-corrected chi connectivity index (χ2v) is 5.25. The van der Waals surface area contributed by atoms with Crippen LogP contribution in [0.5, 0.6) is 0 Å². The first-order valence-corrected chi connectivity index (χ1v) is 6.92. The highest BCUT2D eigenvalue weighted by Crippen LogP contribution is 2.26. The molecule has 6 heteroatoms. The van der Waals surface area contributed by atoms with E-state index in [0.29, 0.717) is 11.7 Å². The molecule has 21 heavy (non-hydrogen) atoms. The molecule has 1 aromatic carbocycles. The van der Waals surface area contributed by atoms with Crippen LogP contribution in [0, 0.1) is 0 Å². The minimum absolute atomic E-state index is 0.0642. The maximum absolute atomic E-state index is 5.43. The number of hydrogen-bond donors (Lipinski definition) is 1. The van der Waals surface area contributed by atoms with Gasteiger partial charge < -0.3 is 14.4 Å². The van der Waals surface area contributed by atoms with Crippen LogP contribution < -0.4 is 5.32 Å². The maximum Gasteiger partial charge on any atom is 0.244 e. The van der Waals surface area contributed by atoms with Gasteiger partial charge in [0.05, 0.1) is 18.6 Å². The van der Waals surface area contributed by atoms with Gasteiger partial charge in [0.25, 0.3) is 0 Å². The predicted octanol–water partition coefficient (Wildman–Crippen LogP) is 1.86. The molecule has 0 saturated heterocycles. The van der Waals surface area contributed by atoms with Crippen molar-refractivity contribution in [2.75, 3.05) is 0 Å². The fourth-order valence-electron chi connectivity index (χ4n) is 2.68. The number of rotatable bonds is 2. The molecular weight excluding hydrogens is 266 g/mol. The molecule has 0 bridgehead atoms. The summed E-state index contributed by atoms with van der Waals surface area (Å²) in [5.41, 5.74) is 3.52. The number of nitrogens with zero attached hydrogens (tertiary/aromatic N) is 4. The molecule has 1 aliphatic rings. The van der Waals surface area contributed by atoms with E-state index in [9.17, 15) is 0 Å². The Morgan fingerprint density at radius 3 is 2.95 bits per heavy atom. The van der Waals surface area contributed by atoms with E-state index in [1.54, 1.807) is 12.5 Å². The molecule has 3 aromatic rings. The molecule has 2 aromatic heterocycles. The minimum atomic E-state index is 0.0642. The van der Waals surface area contributed by atoms with Gasteiger partial charge in [-0.05, 0) is 17.5 Å². The first-order valence-electron chi connectivity index (χ1n) is 6.92. The van der Waals surface area contributed by atoms with E-state index in [2.05, 4.69) is 44.7 Å². The number of nitrogens with one attached hydrogen (secondary N) is 1. The molecule has 106 valence electrons. The van der Waals surface area contributed by atoms with E-state index in [0.717, 1.165) is 18.7 Å². The highest BCUT2D eigenvalue weighted by molar-refractivity contribution is 5.47. The number of benzene rings is 1. The molecule has 0 amide bonds. The average Bonchev–Trinajstić information content (AvgIpc) is 3.15. The lowest BCUT2D eigenvalue weighted by molar-refractivity contribution is 0.321. The van der Waals surface area contributed by atoms with E-state index < -0.39 is 0 Å². The third-order valence-electron chi connectivity index (χ3n) is 3.87. The molecule has 0 fully saturated rings. The highest BCUT2D eigenvalue weighted by atomic mass is 16.5. The second-order valence-electron chi connectivity index (χ2n) is 5.25. The largest absolute Gasteiger partial charge is 0.337 e. The fourth-order valence-corrected chi connectivity index (χ4v) is 2.68. The molecule has 1 atom stereocenters. The van der Waals surface area contributed by atoms with Gasteiger partial charge in [0, 0.05) is 13.6 Å². The van der Waals surface area contributed by atoms with Gasteiger partial charge in [-0.1, -0.05) is 29.4 Å². The van der Waals surface area contributed by atoms with Crippen molar-refractivity contribution in [3.8, 4) is 11.5 Å². The van der Waals surface area contributed by atoms with Crippen LogP contribution in [0.15, 0.2) is 41.3 Å². The van der Waals surface area contributed by atoms with Gasteiger partial charge in [-0.15, -0.1) is 0 Å². The van der Waals surface area contributed by atoms with Gasteiger partial charge in [0.2, 0.25) is 11.7 Å². The quantitative estimate of drug-likeness (QED) is 0.776. The fraction of sp³-hybridized carbons (Fsp3) is 0.267. The molecule has 0 radical (unpaired) electrons. The van der Waals surface area contributed by atoms with Crippen LogP contribution in [-0.4, -0.2) is 19.7 Å². The van der Waals surface area contributed by atoms with Gasteiger partial charge in [-0.25, -0.2) is 4.98 Å². The predicted molar refractivity (Wildman–Crippen MR) is 76.2 cm³/mol. The summed E-state index contributed by atoms with van der Waals surface area (Å²) in [7, 11) is 1.91. The van der Waals surface area contributed by atoms with Crippen molar-refractivity contribution in [3.63, 3.8) is 0 Å². The molecule has 0 spiro atoms. The van der Waals surface area contributed by atoms with Crippen LogP contribution in [0.3, 0.4) is 0 Å². The minimum Gasteiger partial charge on any atom is -0.337 e. The number of aromatic nitrogens is 4. The smallest absolute Gasteiger partial charge is 0.244 e. The SMILES string of the molecule is Cn1cncc1-c1noc(C2Cc3ccccc3CN2)n1. The van der Waals surface area contributed by atoms with Crippen LogP contribution in [0.2, 0.25) is 0 Å². The number of hydrogen-bond acceptors (Lipinski definition) is 5. The monoisotopic (exact) mass is 281 g/mol. The summed E-state index contributed by atoms with van der Waals surface area (Å²) in [6.07, 6.45) is 4.32. The maximum atomic E-state index is 5.43. The van der Waals surface area contributed by atoms with Crippen LogP contribution in [-0.2, 0) is 20.0 Å². The standard InChI is InChI=1S/C15H15N5O/c1-20-9-16-8-13(20)14-18-15(21-19-14)12-6-10-4-2-3-5-11(10)7-17-12/h2-5,8-9,12,17H,6-7H2,1H3. The summed E-state index contributed by atoms with van der Waals surface area (Å²) >= 11 is 0. The topological polar surface area (TPSA) is 68.8 Å². The molecule has 6 nitrogen and oxygen atoms in total. The van der Waals surface area contributed by atoms with Gasteiger partial charge in [0.15, 0.2) is 0 Å². The lowest BCUT2D eigenvalue weighted by atomic mass is 9.96. The molecule has 1 aliphatic heterocycles. The number of imidazole rings is 1. The Morgan fingerprint density at radius 2 is 2.14 bits per heavy atom. The van der Waals surface area contributed by atoms with E-state index in [1.807, 2.05) is 11.6 Å². The van der Waals surface area contributed by atoms with E-state index >= 15 is 0 Å². The molecule has 0 saturated carbocycles. The summed E-state index contributed by atoms with van der Waals surface area (Å²) < 4.78 is 7.31. The van der Waals surface area contributed by atoms with Crippen molar-refractivity contribution in [3.05, 3.63) is 53.8 Å². The van der Waals surface area contributed by atoms with E-state index in [1.165, 1.54) is 11.1 Å². The third-order valence-corrected chi connectivity index (χ3v) is 3.87. The Balaban J connectivity index is 1.61. The molecule has 1 N–H and O–H groups in total. The zero-order valence-electron chi connectivity index (χ0n) is 11.7. The summed E-state index contributed by atoms with van der Waals surface area (Å²) in [5.74, 6) is 1.20. The Kier molecular flexibility index (Phi) is 2.82. The molecular formula is C15H15N5O. The average molecular weight is 281 g/mol. The van der Waals surface area contributed by atoms with Gasteiger partial charge in [-0.3, -0.25) is 0 Å². The van der Waals surface area contributed by atoms with Crippen molar-refractivity contribution >= 4 is 0 Å². The van der Waals surface area contributed by atoms with Crippen molar-refractivity contribution in [1.82, 2.24) is 25.0 Å². The van der Waals surface area contributed by atoms with Gasteiger partial charge >= 0.3 is 0 Å². The number of aryl methyl sites for hydroxylation is 1. The van der Waals surface area contributed by atoms with Crippen molar-refractivity contribution in [1.29, 1.82) is 0 Å². The lowest BCUT2D eigenvalue weighted by Gasteiger charge is -2.23. The van der Waals surface area contributed by atoms with Crippen molar-refractivity contribution in [2.24, 2.45) is 7.05 Å². The van der Waals surface area contributed by atoms with Gasteiger partial charge in [0.1, 0.15) is 5.69 Å². The Morgan fingerprint density at radius 1 is 1.29 bits per heavy atom. The molecule has 1 unspecified atom stereocenters. The third kappa shape index (κ3) is 2.13. The van der Waals surface area contributed by atoms with Crippen molar-refractivity contribution < 1.29 is 4.52 Å². The van der Waals surface area contributed by atoms with Crippen LogP contribution >= 0.6 is 0 Å². The first kappa shape index (κ1) is 12.3. The highest BCUT2D eigenvalue weighted by Gasteiger charge is 2.24. The molecule has 4 rings (SSSR count). The summed E-state index contributed by atoms with van der Waals surface area (Å²) in [6.45, 7) is 0.824. The summed E-state index contributed by atoms with van der Waals surface area (Å²) in [4.78, 5) is 8.58. The van der Waals surface area contributed by atoms with E-state index in [4.69, 9.17) is 4.52 Å². The molecule has 3 heterocycles. The second kappa shape index (κ2) is 4.82. The zero-order chi connectivity index (χ0) is 14.2. The van der Waals surface area contributed by atoms with Crippen LogP contribution in [0.1, 0.15) is 23.1 Å². The normalized spacial score (nSPS) is 17.7. The van der Waals surface area contributed by atoms with E-state index in [-0.39, 0.29) is 6.04 Å². The lowest BCUT2D eigenvalue weighted by Crippen LogP contribution is -2.28. The number of fused-ring (bicyclic) bond motifs is 1. The summed E-state index contributed by atoms with van der Waals surface area (Å²) in [5, 5.41) is 7.51. The Labute approximate surface area is 121 Å². The van der Waals surface area contributed by atoms with Gasteiger partial charge in [-0.2, -0.15) is 4.98 Å². The zero-order valence-corrected chi connectivity index (χ0v) is 11.7. The first-order chi connectivity index (χ1) is 10.3. The Bertz CT molecular complexity index is 776. The molecule has 0 aliphatic carbocycles.